The van der Waals surface area contributed by atoms with Crippen molar-refractivity contribution in [3.05, 3.63) is 47.5 Å². The van der Waals surface area contributed by atoms with E-state index in [9.17, 15) is 4.79 Å². The van der Waals surface area contributed by atoms with Crippen LogP contribution in [0.5, 0.6) is 0 Å². The standard InChI is InChI=1S/C23H31N3O/c1-3-4-8-11-22-12-15-23(16-13-22,17-14-22)21-25-24-20(26(21)2)19(27)18-9-6-5-7-10-18/h5-7,9-10H,3-4,8,11-17H2,1-2H3. The molecular formula is C23H31N3O. The zero-order valence-corrected chi connectivity index (χ0v) is 16.7. The van der Waals surface area contributed by atoms with Gasteiger partial charge in [-0.1, -0.05) is 56.5 Å². The molecule has 4 nitrogen and oxygen atoms in total. The van der Waals surface area contributed by atoms with E-state index in [1.54, 1.807) is 0 Å². The van der Waals surface area contributed by atoms with Crippen LogP contribution < -0.4 is 0 Å². The molecular weight excluding hydrogens is 334 g/mol. The fourth-order valence-corrected chi connectivity index (χ4v) is 5.43. The zero-order valence-electron chi connectivity index (χ0n) is 16.7. The summed E-state index contributed by atoms with van der Waals surface area (Å²) < 4.78 is 1.98. The number of ketones is 1. The summed E-state index contributed by atoms with van der Waals surface area (Å²) in [7, 11) is 1.97. The van der Waals surface area contributed by atoms with E-state index in [4.69, 9.17) is 0 Å². The Morgan fingerprint density at radius 1 is 1.00 bits per heavy atom. The molecule has 3 aliphatic rings. The fourth-order valence-electron chi connectivity index (χ4n) is 5.43. The Labute approximate surface area is 162 Å². The van der Waals surface area contributed by atoms with Crippen molar-refractivity contribution >= 4 is 5.78 Å². The predicted molar refractivity (Wildman–Crippen MR) is 107 cm³/mol. The Balaban J connectivity index is 1.53. The summed E-state index contributed by atoms with van der Waals surface area (Å²) in [5.41, 5.74) is 1.39. The summed E-state index contributed by atoms with van der Waals surface area (Å²) in [6.45, 7) is 2.28. The maximum Gasteiger partial charge on any atom is 0.230 e. The van der Waals surface area contributed by atoms with Crippen LogP contribution in [0.15, 0.2) is 30.3 Å². The topological polar surface area (TPSA) is 47.8 Å². The van der Waals surface area contributed by atoms with E-state index in [2.05, 4.69) is 17.1 Å². The number of unbranched alkanes of at least 4 members (excludes halogenated alkanes) is 2. The van der Waals surface area contributed by atoms with Gasteiger partial charge < -0.3 is 4.57 Å². The number of nitrogens with zero attached hydrogens (tertiary/aromatic N) is 3. The van der Waals surface area contributed by atoms with Gasteiger partial charge in [0.15, 0.2) is 0 Å². The smallest absolute Gasteiger partial charge is 0.230 e. The molecule has 0 saturated heterocycles. The lowest BCUT2D eigenvalue weighted by molar-refractivity contribution is 0.0249. The van der Waals surface area contributed by atoms with Gasteiger partial charge in [-0.3, -0.25) is 4.79 Å². The van der Waals surface area contributed by atoms with Crippen molar-refractivity contribution < 1.29 is 4.79 Å². The third-order valence-corrected chi connectivity index (χ3v) is 7.30. The van der Waals surface area contributed by atoms with Gasteiger partial charge >= 0.3 is 0 Å². The summed E-state index contributed by atoms with van der Waals surface area (Å²) >= 11 is 0. The Bertz CT molecular complexity index is 784. The molecule has 27 heavy (non-hydrogen) atoms. The van der Waals surface area contributed by atoms with Gasteiger partial charge in [0, 0.05) is 18.0 Å². The van der Waals surface area contributed by atoms with Crippen LogP contribution in [0.4, 0.5) is 0 Å². The normalized spacial score (nSPS) is 27.0. The Kier molecular flexibility index (Phi) is 4.92. The van der Waals surface area contributed by atoms with Crippen LogP contribution in [-0.2, 0) is 12.5 Å². The van der Waals surface area contributed by atoms with Crippen molar-refractivity contribution in [3.8, 4) is 0 Å². The van der Waals surface area contributed by atoms with Crippen LogP contribution in [0.25, 0.3) is 0 Å². The van der Waals surface area contributed by atoms with E-state index < -0.39 is 0 Å². The predicted octanol–water partition coefficient (Wildman–Crippen LogP) is 5.22. The first-order valence-electron chi connectivity index (χ1n) is 10.6. The van der Waals surface area contributed by atoms with Crippen molar-refractivity contribution in [1.29, 1.82) is 0 Å². The van der Waals surface area contributed by atoms with Gasteiger partial charge in [-0.15, -0.1) is 10.2 Å². The van der Waals surface area contributed by atoms with Gasteiger partial charge in [0.05, 0.1) is 0 Å². The van der Waals surface area contributed by atoms with E-state index in [-0.39, 0.29) is 11.2 Å². The largest absolute Gasteiger partial charge is 0.311 e. The molecule has 0 atom stereocenters. The number of carbonyl (C=O) groups is 1. The molecule has 144 valence electrons. The van der Waals surface area contributed by atoms with E-state index in [0.717, 1.165) is 5.82 Å². The molecule has 0 radical (unpaired) electrons. The third kappa shape index (κ3) is 3.24. The van der Waals surface area contributed by atoms with E-state index in [1.807, 2.05) is 41.9 Å². The highest BCUT2D eigenvalue weighted by Crippen LogP contribution is 2.59. The molecule has 1 aromatic carbocycles. The van der Waals surface area contributed by atoms with Gasteiger partial charge in [0.1, 0.15) is 5.82 Å². The molecule has 3 saturated carbocycles. The van der Waals surface area contributed by atoms with Gasteiger partial charge in [-0.2, -0.15) is 0 Å². The lowest BCUT2D eigenvalue weighted by atomic mass is 9.52. The highest BCUT2D eigenvalue weighted by atomic mass is 16.1. The number of hydrogen-bond acceptors (Lipinski definition) is 3. The fraction of sp³-hybridized carbons (Fsp3) is 0.609. The molecule has 0 spiro atoms. The lowest BCUT2D eigenvalue weighted by Crippen LogP contribution is -2.45. The maximum atomic E-state index is 12.8. The number of carbonyl (C=O) groups excluding carboxylic acids is 1. The monoisotopic (exact) mass is 365 g/mol. The quantitative estimate of drug-likeness (QED) is 0.499. The van der Waals surface area contributed by atoms with Crippen LogP contribution in [0, 0.1) is 5.41 Å². The van der Waals surface area contributed by atoms with Gasteiger partial charge in [-0.25, -0.2) is 0 Å². The number of aromatic nitrogens is 3. The summed E-state index contributed by atoms with van der Waals surface area (Å²) in [6.07, 6.45) is 13.0. The number of rotatable bonds is 7. The molecule has 2 aromatic rings. The van der Waals surface area contributed by atoms with Gasteiger partial charge in [0.2, 0.25) is 11.6 Å². The highest BCUT2D eigenvalue weighted by Gasteiger charge is 2.51. The number of hydrogen-bond donors (Lipinski definition) is 0. The number of fused-ring (bicyclic) bond motifs is 3. The summed E-state index contributed by atoms with van der Waals surface area (Å²) in [5.74, 6) is 1.47. The highest BCUT2D eigenvalue weighted by molar-refractivity contribution is 6.06. The lowest BCUT2D eigenvalue weighted by Gasteiger charge is -2.53. The average molecular weight is 366 g/mol. The second-order valence-corrected chi connectivity index (χ2v) is 8.84. The second-order valence-electron chi connectivity index (χ2n) is 8.84. The van der Waals surface area contributed by atoms with Crippen molar-refractivity contribution in [2.75, 3.05) is 0 Å². The molecule has 0 unspecified atom stereocenters. The van der Waals surface area contributed by atoms with Gasteiger partial charge in [-0.05, 0) is 50.4 Å². The van der Waals surface area contributed by atoms with Crippen LogP contribution in [0.3, 0.4) is 0 Å². The summed E-state index contributed by atoms with van der Waals surface area (Å²) in [5, 5.41) is 8.86. The first-order chi connectivity index (χ1) is 13.1. The van der Waals surface area contributed by atoms with Crippen molar-refractivity contribution in [3.63, 3.8) is 0 Å². The molecule has 3 fully saturated rings. The van der Waals surface area contributed by atoms with Crippen molar-refractivity contribution in [1.82, 2.24) is 14.8 Å². The van der Waals surface area contributed by atoms with E-state index in [1.165, 1.54) is 64.2 Å². The molecule has 0 aliphatic heterocycles. The van der Waals surface area contributed by atoms with Crippen LogP contribution in [0.1, 0.15) is 93.1 Å². The molecule has 1 heterocycles. The third-order valence-electron chi connectivity index (χ3n) is 7.30. The molecule has 0 N–H and O–H groups in total. The van der Waals surface area contributed by atoms with Crippen LogP contribution in [0.2, 0.25) is 0 Å². The van der Waals surface area contributed by atoms with Crippen LogP contribution >= 0.6 is 0 Å². The molecule has 0 amide bonds. The van der Waals surface area contributed by atoms with Crippen LogP contribution in [-0.4, -0.2) is 20.5 Å². The minimum absolute atomic E-state index is 0.0335. The summed E-state index contributed by atoms with van der Waals surface area (Å²) in [6, 6.07) is 9.41. The molecule has 3 aliphatic carbocycles. The Morgan fingerprint density at radius 2 is 1.67 bits per heavy atom. The molecule has 5 rings (SSSR count). The van der Waals surface area contributed by atoms with E-state index in [0.29, 0.717) is 16.8 Å². The molecule has 2 bridgehead atoms. The minimum atomic E-state index is -0.0335. The minimum Gasteiger partial charge on any atom is -0.311 e. The molecule has 4 heteroatoms. The van der Waals surface area contributed by atoms with Gasteiger partial charge in [0.25, 0.3) is 0 Å². The average Bonchev–Trinajstić information content (AvgIpc) is 3.12. The SMILES string of the molecule is CCCCCC12CCC(c3nnc(C(=O)c4ccccc4)n3C)(CC1)CC2. The zero-order chi connectivity index (χ0) is 18.9. The Morgan fingerprint density at radius 3 is 2.30 bits per heavy atom. The molecule has 1 aromatic heterocycles. The second kappa shape index (κ2) is 7.21. The Hall–Kier alpha value is -1.97. The maximum absolute atomic E-state index is 12.8. The van der Waals surface area contributed by atoms with E-state index >= 15 is 0 Å². The first kappa shape index (κ1) is 18.4. The summed E-state index contributed by atoms with van der Waals surface area (Å²) in [4.78, 5) is 12.8. The number of benzene rings is 1. The van der Waals surface area contributed by atoms with Crippen molar-refractivity contribution in [2.24, 2.45) is 12.5 Å². The first-order valence-corrected chi connectivity index (χ1v) is 10.6. The van der Waals surface area contributed by atoms with Crippen molar-refractivity contribution in [2.45, 2.75) is 76.5 Å².